The van der Waals surface area contributed by atoms with Gasteiger partial charge in [0.1, 0.15) is 11.8 Å². The lowest BCUT2D eigenvalue weighted by atomic mass is 9.86. The third-order valence-corrected chi connectivity index (χ3v) is 7.32. The molecule has 2 atom stereocenters. The molecule has 2 unspecified atom stereocenters. The molecule has 1 amide bonds. The Hall–Kier alpha value is -3.49. The molecule has 1 heterocycles. The zero-order chi connectivity index (χ0) is 27.1. The van der Waals surface area contributed by atoms with Crippen molar-refractivity contribution in [2.45, 2.75) is 37.1 Å². The Morgan fingerprint density at radius 1 is 1.11 bits per heavy atom. The zero-order valence-electron chi connectivity index (χ0n) is 21.7. The average molecular weight is 550 g/mol. The molecular formula is C29H32ClN5O2S. The maximum atomic E-state index is 12.3. The maximum Gasteiger partial charge on any atom is 0.242 e. The number of primary amides is 1. The van der Waals surface area contributed by atoms with Gasteiger partial charge >= 0.3 is 0 Å². The van der Waals surface area contributed by atoms with Crippen LogP contribution in [0.25, 0.3) is 0 Å². The number of rotatable bonds is 8. The second-order valence-corrected chi connectivity index (χ2v) is 10.6. The highest BCUT2D eigenvalue weighted by atomic mass is 35.5. The van der Waals surface area contributed by atoms with E-state index in [1.54, 1.807) is 7.11 Å². The Morgan fingerprint density at radius 2 is 1.79 bits per heavy atom. The molecule has 4 rings (SSSR count). The van der Waals surface area contributed by atoms with Crippen molar-refractivity contribution in [3.8, 4) is 5.75 Å². The molecule has 0 saturated heterocycles. The summed E-state index contributed by atoms with van der Waals surface area (Å²) in [6.45, 7) is 4.46. The van der Waals surface area contributed by atoms with E-state index in [0.29, 0.717) is 17.5 Å². The van der Waals surface area contributed by atoms with Gasteiger partial charge < -0.3 is 10.5 Å². The first kappa shape index (κ1) is 27.5. The summed E-state index contributed by atoms with van der Waals surface area (Å²) in [6.07, 6.45) is 0.808. The van der Waals surface area contributed by atoms with E-state index in [2.05, 4.69) is 16.9 Å². The first-order valence-corrected chi connectivity index (χ1v) is 13.7. The van der Waals surface area contributed by atoms with Gasteiger partial charge in [-0.3, -0.25) is 9.52 Å². The van der Waals surface area contributed by atoms with Gasteiger partial charge in [0.05, 0.1) is 12.8 Å². The molecule has 1 aliphatic heterocycles. The van der Waals surface area contributed by atoms with Crippen molar-refractivity contribution in [3.05, 3.63) is 95.0 Å². The monoisotopic (exact) mass is 549 g/mol. The molecular weight excluding hydrogens is 518 g/mol. The van der Waals surface area contributed by atoms with Crippen LogP contribution in [0.4, 0.5) is 0 Å². The lowest BCUT2D eigenvalue weighted by Crippen LogP contribution is -2.43. The molecule has 3 aromatic rings. The van der Waals surface area contributed by atoms with E-state index in [-0.39, 0.29) is 11.8 Å². The van der Waals surface area contributed by atoms with Crippen molar-refractivity contribution >= 4 is 41.1 Å². The molecule has 0 aromatic heterocycles. The molecule has 1 aliphatic rings. The summed E-state index contributed by atoms with van der Waals surface area (Å²) in [5.74, 6) is 0.797. The highest BCUT2D eigenvalue weighted by molar-refractivity contribution is 7.98. The summed E-state index contributed by atoms with van der Waals surface area (Å²) in [4.78, 5) is 18.0. The standard InChI is InChI=1S/C29H32ClN5O2S/c1-19(2)26(28(31)36)32-29(34-38-24-15-13-23(37-3)14-16-24)35-18-17-25(20-7-5-4-6-8-20)27(33-35)21-9-11-22(30)12-10-21/h4-16,19,25-26H,17-18H2,1-3H3,(H2,31,36)(H,32,34). The van der Waals surface area contributed by atoms with E-state index >= 15 is 0 Å². The number of guanidine groups is 1. The highest BCUT2D eigenvalue weighted by Crippen LogP contribution is 2.30. The summed E-state index contributed by atoms with van der Waals surface area (Å²) < 4.78 is 8.60. The van der Waals surface area contributed by atoms with Crippen molar-refractivity contribution in [2.75, 3.05) is 13.7 Å². The summed E-state index contributed by atoms with van der Waals surface area (Å²) >= 11 is 7.57. The molecule has 0 aliphatic carbocycles. The quantitative estimate of drug-likeness (QED) is 0.213. The third kappa shape index (κ3) is 6.88. The van der Waals surface area contributed by atoms with Crippen molar-refractivity contribution in [3.63, 3.8) is 0 Å². The summed E-state index contributed by atoms with van der Waals surface area (Å²) in [5.41, 5.74) is 8.80. The average Bonchev–Trinajstić information content (AvgIpc) is 2.93. The topological polar surface area (TPSA) is 92.3 Å². The number of benzene rings is 3. The number of nitrogens with two attached hydrogens (primary N) is 1. The van der Waals surface area contributed by atoms with Gasteiger partial charge in [-0.15, -0.1) is 0 Å². The summed E-state index contributed by atoms with van der Waals surface area (Å²) in [5, 5.41) is 7.58. The van der Waals surface area contributed by atoms with Gasteiger partial charge in [0.2, 0.25) is 11.9 Å². The van der Waals surface area contributed by atoms with Crippen LogP contribution < -0.4 is 15.2 Å². The fourth-order valence-electron chi connectivity index (χ4n) is 4.25. The number of nitrogens with one attached hydrogen (secondary N) is 1. The van der Waals surface area contributed by atoms with Crippen LogP contribution in [0.15, 0.2) is 93.9 Å². The second-order valence-electron chi connectivity index (χ2n) is 9.29. The molecule has 0 bridgehead atoms. The smallest absolute Gasteiger partial charge is 0.242 e. The lowest BCUT2D eigenvalue weighted by molar-refractivity contribution is -0.120. The Bertz CT molecular complexity index is 1280. The number of hydrogen-bond donors (Lipinski definition) is 2. The number of halogens is 1. The van der Waals surface area contributed by atoms with Gasteiger partial charge in [0.15, 0.2) is 0 Å². The van der Waals surface area contributed by atoms with E-state index < -0.39 is 11.9 Å². The van der Waals surface area contributed by atoms with Crippen molar-refractivity contribution in [1.29, 1.82) is 0 Å². The Morgan fingerprint density at radius 3 is 2.39 bits per heavy atom. The number of carbonyl (C=O) groups excluding carboxylic acids is 1. The number of methoxy groups -OCH3 is 1. The van der Waals surface area contributed by atoms with Crippen LogP contribution in [-0.4, -0.2) is 42.3 Å². The van der Waals surface area contributed by atoms with Gasteiger partial charge in [-0.1, -0.05) is 67.9 Å². The van der Waals surface area contributed by atoms with Gasteiger partial charge in [0.25, 0.3) is 0 Å². The van der Waals surface area contributed by atoms with E-state index in [1.165, 1.54) is 17.5 Å². The van der Waals surface area contributed by atoms with Gasteiger partial charge in [-0.25, -0.2) is 10.0 Å². The second kappa shape index (κ2) is 12.8. The molecule has 198 valence electrons. The first-order valence-electron chi connectivity index (χ1n) is 12.5. The van der Waals surface area contributed by atoms with Crippen LogP contribution in [0, 0.1) is 5.92 Å². The fraction of sp³-hybridized carbons (Fsp3) is 0.276. The zero-order valence-corrected chi connectivity index (χ0v) is 23.2. The van der Waals surface area contributed by atoms with Crippen LogP contribution in [0.5, 0.6) is 5.75 Å². The molecule has 9 heteroatoms. The van der Waals surface area contributed by atoms with Crippen LogP contribution in [0.2, 0.25) is 5.02 Å². The number of hydrogen-bond acceptors (Lipinski definition) is 5. The number of hydrazone groups is 1. The van der Waals surface area contributed by atoms with E-state index in [9.17, 15) is 4.79 Å². The van der Waals surface area contributed by atoms with E-state index in [0.717, 1.165) is 28.3 Å². The fourth-order valence-corrected chi connectivity index (χ4v) is 5.01. The molecule has 0 saturated carbocycles. The SMILES string of the molecule is COc1ccc(SNC(=NC(C(N)=O)C(C)C)N2CCC(c3ccccc3)C(c3ccc(Cl)cc3)=N2)cc1. The number of nitrogens with zero attached hydrogens (tertiary/aromatic N) is 3. The van der Waals surface area contributed by atoms with Crippen molar-refractivity contribution in [2.24, 2.45) is 21.7 Å². The van der Waals surface area contributed by atoms with Crippen LogP contribution in [0.1, 0.15) is 37.3 Å². The van der Waals surface area contributed by atoms with E-state index in [4.69, 9.17) is 32.2 Å². The number of amides is 1. The van der Waals surface area contributed by atoms with E-state index in [1.807, 2.05) is 85.6 Å². The molecule has 38 heavy (non-hydrogen) atoms. The summed E-state index contributed by atoms with van der Waals surface area (Å²) in [6, 6.07) is 25.0. The molecule has 3 N–H and O–H groups in total. The Balaban J connectivity index is 1.72. The van der Waals surface area contributed by atoms with Crippen LogP contribution >= 0.6 is 23.5 Å². The molecule has 0 radical (unpaired) electrons. The highest BCUT2D eigenvalue weighted by Gasteiger charge is 2.29. The molecule has 0 fully saturated rings. The molecule has 0 spiro atoms. The Labute approximate surface area is 233 Å². The minimum absolute atomic E-state index is 0.0724. The third-order valence-electron chi connectivity index (χ3n) is 6.28. The van der Waals surface area contributed by atoms with Crippen LogP contribution in [0.3, 0.4) is 0 Å². The van der Waals surface area contributed by atoms with Gasteiger partial charge in [-0.2, -0.15) is 5.10 Å². The summed E-state index contributed by atoms with van der Waals surface area (Å²) in [7, 11) is 1.64. The van der Waals surface area contributed by atoms with Gasteiger partial charge in [0, 0.05) is 22.4 Å². The number of aliphatic imine (C=N–C) groups is 1. The maximum absolute atomic E-state index is 12.3. The predicted molar refractivity (Wildman–Crippen MR) is 156 cm³/mol. The number of ether oxygens (including phenoxy) is 1. The van der Waals surface area contributed by atoms with Gasteiger partial charge in [-0.05, 0) is 71.8 Å². The minimum atomic E-state index is -0.699. The number of carbonyl (C=O) groups is 1. The lowest BCUT2D eigenvalue weighted by Gasteiger charge is -2.32. The first-order chi connectivity index (χ1) is 18.4. The normalized spacial score (nSPS) is 16.7. The predicted octanol–water partition coefficient (Wildman–Crippen LogP) is 5.71. The Kier molecular flexibility index (Phi) is 9.31. The molecule has 3 aromatic carbocycles. The largest absolute Gasteiger partial charge is 0.497 e. The van der Waals surface area contributed by atoms with Crippen LogP contribution in [-0.2, 0) is 4.79 Å². The minimum Gasteiger partial charge on any atom is -0.497 e. The molecule has 7 nitrogen and oxygen atoms in total. The van der Waals surface area contributed by atoms with Crippen molar-refractivity contribution in [1.82, 2.24) is 9.73 Å². The van der Waals surface area contributed by atoms with Crippen molar-refractivity contribution < 1.29 is 9.53 Å².